The van der Waals surface area contributed by atoms with E-state index in [0.717, 1.165) is 25.4 Å². The van der Waals surface area contributed by atoms with Gasteiger partial charge >= 0.3 is 0 Å². The van der Waals surface area contributed by atoms with E-state index in [-0.39, 0.29) is 5.92 Å². The fourth-order valence-electron chi connectivity index (χ4n) is 2.80. The second-order valence-corrected chi connectivity index (χ2v) is 5.35. The van der Waals surface area contributed by atoms with Crippen LogP contribution in [0, 0.1) is 11.8 Å². The van der Waals surface area contributed by atoms with Crippen molar-refractivity contribution in [1.82, 2.24) is 4.90 Å². The molecule has 2 fully saturated rings. The first-order chi connectivity index (χ1) is 7.81. The highest BCUT2D eigenvalue weighted by Gasteiger charge is 2.29. The largest absolute Gasteiger partial charge is 0.342 e. The molecular formula is C13H24N2O. The fourth-order valence-corrected chi connectivity index (χ4v) is 2.80. The highest BCUT2D eigenvalue weighted by atomic mass is 16.2. The molecule has 0 aromatic carbocycles. The average molecular weight is 224 g/mol. The van der Waals surface area contributed by atoms with Gasteiger partial charge in [0.2, 0.25) is 5.91 Å². The van der Waals surface area contributed by atoms with Crippen molar-refractivity contribution in [2.75, 3.05) is 19.6 Å². The van der Waals surface area contributed by atoms with Gasteiger partial charge in [-0.25, -0.2) is 0 Å². The molecule has 1 heterocycles. The van der Waals surface area contributed by atoms with Gasteiger partial charge in [-0.2, -0.15) is 0 Å². The van der Waals surface area contributed by atoms with Gasteiger partial charge in [0.25, 0.3) is 0 Å². The molecule has 1 aliphatic heterocycles. The number of amides is 1. The number of carbonyl (C=O) groups excluding carboxylic acids is 1. The van der Waals surface area contributed by atoms with E-state index in [1.54, 1.807) is 0 Å². The molecule has 1 amide bonds. The molecule has 1 aliphatic carbocycles. The van der Waals surface area contributed by atoms with E-state index in [9.17, 15) is 4.79 Å². The normalized spacial score (nSPS) is 23.9. The monoisotopic (exact) mass is 224 g/mol. The summed E-state index contributed by atoms with van der Waals surface area (Å²) in [6, 6.07) is 0. The van der Waals surface area contributed by atoms with Gasteiger partial charge < -0.3 is 10.6 Å². The van der Waals surface area contributed by atoms with Gasteiger partial charge in [0, 0.05) is 19.6 Å². The van der Waals surface area contributed by atoms with Crippen molar-refractivity contribution in [2.24, 2.45) is 17.6 Å². The minimum absolute atomic E-state index is 0.100. The lowest BCUT2D eigenvalue weighted by molar-refractivity contribution is -0.137. The van der Waals surface area contributed by atoms with Gasteiger partial charge in [-0.3, -0.25) is 4.79 Å². The molecule has 1 saturated carbocycles. The van der Waals surface area contributed by atoms with Crippen LogP contribution in [0.1, 0.15) is 44.9 Å². The van der Waals surface area contributed by atoms with E-state index in [1.807, 2.05) is 4.90 Å². The molecule has 3 nitrogen and oxygen atoms in total. The van der Waals surface area contributed by atoms with Gasteiger partial charge in [0.15, 0.2) is 0 Å². The first-order valence-corrected chi connectivity index (χ1v) is 6.80. The summed E-state index contributed by atoms with van der Waals surface area (Å²) >= 11 is 0. The summed E-state index contributed by atoms with van der Waals surface area (Å²) in [5.74, 6) is 1.21. The Bertz CT molecular complexity index is 232. The Labute approximate surface area is 98.4 Å². The number of hydrogen-bond acceptors (Lipinski definition) is 2. The maximum absolute atomic E-state index is 12.3. The van der Waals surface area contributed by atoms with Crippen LogP contribution in [-0.2, 0) is 4.79 Å². The molecule has 0 aromatic heterocycles. The number of likely N-dealkylation sites (tertiary alicyclic amines) is 1. The molecule has 0 bridgehead atoms. The van der Waals surface area contributed by atoms with Crippen LogP contribution in [0.5, 0.6) is 0 Å². The zero-order chi connectivity index (χ0) is 11.4. The van der Waals surface area contributed by atoms with Gasteiger partial charge in [0.05, 0.1) is 5.92 Å². The van der Waals surface area contributed by atoms with Crippen molar-refractivity contribution in [3.8, 4) is 0 Å². The van der Waals surface area contributed by atoms with Gasteiger partial charge in [0.1, 0.15) is 0 Å². The van der Waals surface area contributed by atoms with Crippen molar-refractivity contribution in [2.45, 2.75) is 44.9 Å². The average Bonchev–Trinajstić information content (AvgIpc) is 2.28. The van der Waals surface area contributed by atoms with Gasteiger partial charge in [-0.1, -0.05) is 19.3 Å². The molecule has 0 aromatic rings. The van der Waals surface area contributed by atoms with Crippen LogP contribution in [0.2, 0.25) is 0 Å². The summed E-state index contributed by atoms with van der Waals surface area (Å²) < 4.78 is 0. The molecule has 1 saturated heterocycles. The van der Waals surface area contributed by atoms with Crippen LogP contribution in [-0.4, -0.2) is 30.4 Å². The molecule has 0 spiro atoms. The standard InChI is InChI=1S/C13H24N2O/c14-10-12(9-11-5-4-6-11)13(16)15-7-2-1-3-8-15/h11-12H,1-10,14H2. The lowest BCUT2D eigenvalue weighted by Crippen LogP contribution is -2.43. The predicted molar refractivity (Wildman–Crippen MR) is 64.9 cm³/mol. The van der Waals surface area contributed by atoms with E-state index in [0.29, 0.717) is 12.5 Å². The first-order valence-electron chi connectivity index (χ1n) is 6.80. The summed E-state index contributed by atoms with van der Waals surface area (Å²) in [5, 5.41) is 0. The third kappa shape index (κ3) is 2.76. The number of carbonyl (C=O) groups is 1. The Hall–Kier alpha value is -0.570. The zero-order valence-electron chi connectivity index (χ0n) is 10.2. The predicted octanol–water partition coefficient (Wildman–Crippen LogP) is 1.76. The van der Waals surface area contributed by atoms with E-state index < -0.39 is 0 Å². The topological polar surface area (TPSA) is 46.3 Å². The summed E-state index contributed by atoms with van der Waals surface area (Å²) in [6.45, 7) is 2.45. The van der Waals surface area contributed by atoms with Crippen molar-refractivity contribution in [3.63, 3.8) is 0 Å². The highest BCUT2D eigenvalue weighted by molar-refractivity contribution is 5.79. The maximum Gasteiger partial charge on any atom is 0.226 e. The summed E-state index contributed by atoms with van der Waals surface area (Å²) in [4.78, 5) is 14.3. The second kappa shape index (κ2) is 5.67. The fraction of sp³-hybridized carbons (Fsp3) is 0.923. The first kappa shape index (κ1) is 11.9. The number of nitrogens with zero attached hydrogens (tertiary/aromatic N) is 1. The molecule has 0 radical (unpaired) electrons. The molecular weight excluding hydrogens is 200 g/mol. The number of hydrogen-bond donors (Lipinski definition) is 1. The summed E-state index contributed by atoms with van der Waals surface area (Å²) in [6.07, 6.45) is 8.62. The van der Waals surface area contributed by atoms with Crippen LogP contribution in [0.25, 0.3) is 0 Å². The zero-order valence-corrected chi connectivity index (χ0v) is 10.2. The lowest BCUT2D eigenvalue weighted by atomic mass is 9.78. The third-order valence-corrected chi connectivity index (χ3v) is 4.14. The van der Waals surface area contributed by atoms with Crippen LogP contribution in [0.15, 0.2) is 0 Å². The quantitative estimate of drug-likeness (QED) is 0.791. The molecule has 92 valence electrons. The molecule has 3 heteroatoms. The van der Waals surface area contributed by atoms with Gasteiger partial charge in [-0.15, -0.1) is 0 Å². The minimum atomic E-state index is 0.100. The molecule has 16 heavy (non-hydrogen) atoms. The number of rotatable bonds is 4. The van der Waals surface area contributed by atoms with Crippen LogP contribution < -0.4 is 5.73 Å². The van der Waals surface area contributed by atoms with Crippen LogP contribution in [0.4, 0.5) is 0 Å². The number of piperidine rings is 1. The summed E-state index contributed by atoms with van der Waals surface area (Å²) in [5.41, 5.74) is 5.76. The Kier molecular flexibility index (Phi) is 4.22. The Morgan fingerprint density at radius 2 is 1.88 bits per heavy atom. The van der Waals surface area contributed by atoms with Crippen molar-refractivity contribution in [3.05, 3.63) is 0 Å². The summed E-state index contributed by atoms with van der Waals surface area (Å²) in [7, 11) is 0. The second-order valence-electron chi connectivity index (χ2n) is 5.35. The van der Waals surface area contributed by atoms with E-state index >= 15 is 0 Å². The maximum atomic E-state index is 12.3. The highest BCUT2D eigenvalue weighted by Crippen LogP contribution is 2.32. The van der Waals surface area contributed by atoms with Crippen LogP contribution in [0.3, 0.4) is 0 Å². The Balaban J connectivity index is 1.83. The Morgan fingerprint density at radius 3 is 2.38 bits per heavy atom. The van der Waals surface area contributed by atoms with E-state index in [2.05, 4.69) is 0 Å². The molecule has 1 unspecified atom stereocenters. The number of nitrogens with two attached hydrogens (primary N) is 1. The van der Waals surface area contributed by atoms with Crippen molar-refractivity contribution in [1.29, 1.82) is 0 Å². The minimum Gasteiger partial charge on any atom is -0.342 e. The third-order valence-electron chi connectivity index (χ3n) is 4.14. The molecule has 1 atom stereocenters. The van der Waals surface area contributed by atoms with E-state index in [1.165, 1.54) is 38.5 Å². The molecule has 2 N–H and O–H groups in total. The van der Waals surface area contributed by atoms with Crippen molar-refractivity contribution < 1.29 is 4.79 Å². The molecule has 2 aliphatic rings. The smallest absolute Gasteiger partial charge is 0.226 e. The van der Waals surface area contributed by atoms with Gasteiger partial charge in [-0.05, 0) is 31.6 Å². The molecule has 2 rings (SSSR count). The lowest BCUT2D eigenvalue weighted by Gasteiger charge is -2.33. The van der Waals surface area contributed by atoms with E-state index in [4.69, 9.17) is 5.73 Å². The van der Waals surface area contributed by atoms with Crippen LogP contribution >= 0.6 is 0 Å². The SMILES string of the molecule is NCC(CC1CCC1)C(=O)N1CCCCC1. The van der Waals surface area contributed by atoms with Crippen molar-refractivity contribution >= 4 is 5.91 Å². The Morgan fingerprint density at radius 1 is 1.19 bits per heavy atom.